The zero-order valence-electron chi connectivity index (χ0n) is 8.17. The minimum atomic E-state index is -0.210. The average molecular weight is 173 g/mol. The van der Waals surface area contributed by atoms with Crippen LogP contribution in [0.1, 0.15) is 26.7 Å². The first-order chi connectivity index (χ1) is 5.56. The van der Waals surface area contributed by atoms with Crippen LogP contribution < -0.4 is 5.73 Å². The summed E-state index contributed by atoms with van der Waals surface area (Å²) in [4.78, 5) is 0. The lowest BCUT2D eigenvalue weighted by Crippen LogP contribution is -2.47. The number of hydrogen-bond donors (Lipinski definition) is 1. The topological polar surface area (TPSA) is 44.5 Å². The number of hydrogen-bond acceptors (Lipinski definition) is 3. The Balaban J connectivity index is 2.50. The van der Waals surface area contributed by atoms with E-state index in [0.29, 0.717) is 0 Å². The van der Waals surface area contributed by atoms with Gasteiger partial charge in [-0.15, -0.1) is 0 Å². The van der Waals surface area contributed by atoms with Crippen molar-refractivity contribution in [2.75, 3.05) is 13.7 Å². The van der Waals surface area contributed by atoms with E-state index in [2.05, 4.69) is 0 Å². The average Bonchev–Trinajstić information content (AvgIpc) is 2.05. The highest BCUT2D eigenvalue weighted by Gasteiger charge is 2.33. The van der Waals surface area contributed by atoms with Gasteiger partial charge in [-0.2, -0.15) is 0 Å². The van der Waals surface area contributed by atoms with Gasteiger partial charge >= 0.3 is 0 Å². The van der Waals surface area contributed by atoms with E-state index in [0.717, 1.165) is 19.4 Å². The first-order valence-corrected chi connectivity index (χ1v) is 4.48. The van der Waals surface area contributed by atoms with Crippen LogP contribution in [0, 0.1) is 0 Å². The van der Waals surface area contributed by atoms with Crippen LogP contribution in [0.15, 0.2) is 0 Å². The molecule has 0 saturated carbocycles. The molecular formula is C9H19NO2. The number of ether oxygens (including phenoxy) is 2. The van der Waals surface area contributed by atoms with Crippen molar-refractivity contribution >= 4 is 0 Å². The normalized spacial score (nSPS) is 32.0. The standard InChI is InChI=1S/C9H19NO2/c1-9(2,11-3)8-6-7(10)4-5-12-8/h7-8H,4-6,10H2,1-3H3. The Morgan fingerprint density at radius 1 is 1.50 bits per heavy atom. The van der Waals surface area contributed by atoms with Crippen LogP contribution in [-0.2, 0) is 9.47 Å². The van der Waals surface area contributed by atoms with Crippen molar-refractivity contribution in [2.45, 2.75) is 44.4 Å². The number of nitrogens with two attached hydrogens (primary N) is 1. The van der Waals surface area contributed by atoms with Gasteiger partial charge in [0.1, 0.15) is 0 Å². The van der Waals surface area contributed by atoms with Crippen molar-refractivity contribution in [3.63, 3.8) is 0 Å². The number of rotatable bonds is 2. The maximum absolute atomic E-state index is 5.84. The predicted molar refractivity (Wildman–Crippen MR) is 48.0 cm³/mol. The Morgan fingerprint density at radius 2 is 2.17 bits per heavy atom. The van der Waals surface area contributed by atoms with Crippen LogP contribution >= 0.6 is 0 Å². The Bertz CT molecular complexity index is 147. The van der Waals surface area contributed by atoms with E-state index in [9.17, 15) is 0 Å². The maximum atomic E-state index is 5.84. The fourth-order valence-corrected chi connectivity index (χ4v) is 1.44. The summed E-state index contributed by atoms with van der Waals surface area (Å²) in [6, 6.07) is 0.276. The molecule has 1 aliphatic rings. The molecule has 2 N–H and O–H groups in total. The van der Waals surface area contributed by atoms with E-state index in [4.69, 9.17) is 15.2 Å². The lowest BCUT2D eigenvalue weighted by molar-refractivity contribution is -0.129. The van der Waals surface area contributed by atoms with Crippen molar-refractivity contribution in [3.8, 4) is 0 Å². The van der Waals surface area contributed by atoms with E-state index < -0.39 is 0 Å². The van der Waals surface area contributed by atoms with Crippen LogP contribution in [0.5, 0.6) is 0 Å². The van der Waals surface area contributed by atoms with Crippen LogP contribution in [0.25, 0.3) is 0 Å². The van der Waals surface area contributed by atoms with Gasteiger partial charge < -0.3 is 15.2 Å². The summed E-state index contributed by atoms with van der Waals surface area (Å²) >= 11 is 0. The molecule has 3 heteroatoms. The second-order valence-electron chi connectivity index (χ2n) is 3.95. The summed E-state index contributed by atoms with van der Waals surface area (Å²) in [5, 5.41) is 0. The second kappa shape index (κ2) is 3.73. The quantitative estimate of drug-likeness (QED) is 0.675. The van der Waals surface area contributed by atoms with Crippen LogP contribution in [0.2, 0.25) is 0 Å². The number of methoxy groups -OCH3 is 1. The molecule has 0 aromatic carbocycles. The lowest BCUT2D eigenvalue weighted by Gasteiger charge is -2.37. The molecule has 1 rings (SSSR count). The molecule has 1 fully saturated rings. The summed E-state index contributed by atoms with van der Waals surface area (Å²) in [5.74, 6) is 0. The van der Waals surface area contributed by atoms with Crippen molar-refractivity contribution in [1.29, 1.82) is 0 Å². The van der Waals surface area contributed by atoms with Gasteiger partial charge in [0.25, 0.3) is 0 Å². The third-order valence-corrected chi connectivity index (χ3v) is 2.63. The van der Waals surface area contributed by atoms with Crippen molar-refractivity contribution in [1.82, 2.24) is 0 Å². The van der Waals surface area contributed by atoms with E-state index in [1.54, 1.807) is 7.11 Å². The molecule has 1 heterocycles. The minimum absolute atomic E-state index is 0.145. The molecule has 0 aromatic heterocycles. The van der Waals surface area contributed by atoms with E-state index in [1.807, 2.05) is 13.8 Å². The highest BCUT2D eigenvalue weighted by Crippen LogP contribution is 2.24. The Morgan fingerprint density at radius 3 is 2.67 bits per heavy atom. The second-order valence-corrected chi connectivity index (χ2v) is 3.95. The molecule has 0 bridgehead atoms. The van der Waals surface area contributed by atoms with Gasteiger partial charge in [0.05, 0.1) is 11.7 Å². The summed E-state index contributed by atoms with van der Waals surface area (Å²) in [6.45, 7) is 4.84. The molecule has 0 aromatic rings. The molecule has 2 unspecified atom stereocenters. The molecule has 2 atom stereocenters. The van der Waals surface area contributed by atoms with Crippen molar-refractivity contribution in [3.05, 3.63) is 0 Å². The predicted octanol–water partition coefficient (Wildman–Crippen LogP) is 0.918. The SMILES string of the molecule is COC(C)(C)C1CC(N)CCO1. The molecule has 0 amide bonds. The Hall–Kier alpha value is -0.120. The van der Waals surface area contributed by atoms with Gasteiger partial charge in [0.2, 0.25) is 0 Å². The van der Waals surface area contributed by atoms with Gasteiger partial charge in [-0.05, 0) is 26.7 Å². The third-order valence-electron chi connectivity index (χ3n) is 2.63. The fraction of sp³-hybridized carbons (Fsp3) is 1.00. The molecule has 0 aliphatic carbocycles. The zero-order chi connectivity index (χ0) is 9.19. The van der Waals surface area contributed by atoms with Gasteiger partial charge in [-0.1, -0.05) is 0 Å². The molecule has 1 aliphatic heterocycles. The van der Waals surface area contributed by atoms with E-state index in [-0.39, 0.29) is 17.7 Å². The monoisotopic (exact) mass is 173 g/mol. The summed E-state index contributed by atoms with van der Waals surface area (Å²) in [5.41, 5.74) is 5.63. The molecule has 3 nitrogen and oxygen atoms in total. The van der Waals surface area contributed by atoms with Gasteiger partial charge in [-0.3, -0.25) is 0 Å². The summed E-state index contributed by atoms with van der Waals surface area (Å²) < 4.78 is 10.9. The van der Waals surface area contributed by atoms with E-state index in [1.165, 1.54) is 0 Å². The first-order valence-electron chi connectivity index (χ1n) is 4.48. The Kier molecular flexibility index (Phi) is 3.09. The largest absolute Gasteiger partial charge is 0.376 e. The van der Waals surface area contributed by atoms with Gasteiger partial charge in [0.15, 0.2) is 0 Å². The molecule has 72 valence electrons. The Labute approximate surface area is 74.2 Å². The summed E-state index contributed by atoms with van der Waals surface area (Å²) in [6.07, 6.45) is 2.02. The van der Waals surface area contributed by atoms with Gasteiger partial charge in [-0.25, -0.2) is 0 Å². The first kappa shape index (κ1) is 9.96. The van der Waals surface area contributed by atoms with Crippen molar-refractivity contribution in [2.24, 2.45) is 5.73 Å². The zero-order valence-corrected chi connectivity index (χ0v) is 8.17. The smallest absolute Gasteiger partial charge is 0.0883 e. The van der Waals surface area contributed by atoms with Crippen LogP contribution in [0.4, 0.5) is 0 Å². The minimum Gasteiger partial charge on any atom is -0.376 e. The lowest BCUT2D eigenvalue weighted by atomic mass is 9.92. The molecule has 1 saturated heterocycles. The fourth-order valence-electron chi connectivity index (χ4n) is 1.44. The molecule has 0 radical (unpaired) electrons. The molecule has 0 spiro atoms. The van der Waals surface area contributed by atoms with Gasteiger partial charge in [0, 0.05) is 19.8 Å². The summed E-state index contributed by atoms with van der Waals surface area (Å²) in [7, 11) is 1.71. The van der Waals surface area contributed by atoms with E-state index >= 15 is 0 Å². The highest BCUT2D eigenvalue weighted by atomic mass is 16.5. The molecular weight excluding hydrogens is 154 g/mol. The third kappa shape index (κ3) is 2.19. The molecule has 12 heavy (non-hydrogen) atoms. The highest BCUT2D eigenvalue weighted by molar-refractivity contribution is 4.86. The van der Waals surface area contributed by atoms with Crippen LogP contribution in [-0.4, -0.2) is 31.5 Å². The van der Waals surface area contributed by atoms with Crippen LogP contribution in [0.3, 0.4) is 0 Å². The van der Waals surface area contributed by atoms with Crippen molar-refractivity contribution < 1.29 is 9.47 Å². The maximum Gasteiger partial charge on any atom is 0.0883 e.